The SMILES string of the molecule is CC1(C)CN(Cc2ccsc2C(=O)NN)CCS1. The van der Waals surface area contributed by atoms with Crippen molar-refractivity contribution in [2.75, 3.05) is 18.8 Å². The minimum Gasteiger partial charge on any atom is -0.297 e. The van der Waals surface area contributed by atoms with E-state index in [0.717, 1.165) is 35.8 Å². The molecule has 1 amide bonds. The fourth-order valence-electron chi connectivity index (χ4n) is 2.22. The van der Waals surface area contributed by atoms with E-state index in [1.165, 1.54) is 11.3 Å². The summed E-state index contributed by atoms with van der Waals surface area (Å²) in [6.07, 6.45) is 0. The van der Waals surface area contributed by atoms with Gasteiger partial charge in [0.25, 0.3) is 5.91 Å². The van der Waals surface area contributed by atoms with Crippen molar-refractivity contribution in [3.05, 3.63) is 21.9 Å². The predicted molar refractivity (Wildman–Crippen MR) is 77.8 cm³/mol. The Morgan fingerprint density at radius 2 is 2.39 bits per heavy atom. The van der Waals surface area contributed by atoms with Crippen LogP contribution in [0.25, 0.3) is 0 Å². The molecule has 2 heterocycles. The molecule has 1 aromatic heterocycles. The molecule has 3 N–H and O–H groups in total. The molecule has 0 unspecified atom stereocenters. The van der Waals surface area contributed by atoms with Crippen LogP contribution in [-0.4, -0.2) is 34.4 Å². The summed E-state index contributed by atoms with van der Waals surface area (Å²) in [5.41, 5.74) is 3.28. The minimum absolute atomic E-state index is 0.189. The molecule has 1 saturated heterocycles. The van der Waals surface area contributed by atoms with Crippen LogP contribution in [0.2, 0.25) is 0 Å². The minimum atomic E-state index is -0.189. The number of thioether (sulfide) groups is 1. The van der Waals surface area contributed by atoms with Gasteiger partial charge in [-0.05, 0) is 30.9 Å². The number of carbonyl (C=O) groups is 1. The zero-order valence-electron chi connectivity index (χ0n) is 10.7. The summed E-state index contributed by atoms with van der Waals surface area (Å²) in [7, 11) is 0. The number of hydrazine groups is 1. The molecule has 18 heavy (non-hydrogen) atoms. The molecular formula is C12H19N3OS2. The van der Waals surface area contributed by atoms with Crippen molar-refractivity contribution in [2.24, 2.45) is 5.84 Å². The Kier molecular flexibility index (Phi) is 4.32. The van der Waals surface area contributed by atoms with Crippen LogP contribution in [0.1, 0.15) is 29.1 Å². The number of carbonyl (C=O) groups excluding carboxylic acids is 1. The smallest absolute Gasteiger partial charge is 0.275 e. The predicted octanol–water partition coefficient (Wildman–Crippen LogP) is 1.68. The van der Waals surface area contributed by atoms with Crippen molar-refractivity contribution in [1.29, 1.82) is 0 Å². The number of nitrogens with two attached hydrogens (primary N) is 1. The highest BCUT2D eigenvalue weighted by Gasteiger charge is 2.27. The molecule has 100 valence electrons. The van der Waals surface area contributed by atoms with Gasteiger partial charge in [-0.15, -0.1) is 11.3 Å². The van der Waals surface area contributed by atoms with Crippen LogP contribution in [-0.2, 0) is 6.54 Å². The first-order valence-electron chi connectivity index (χ1n) is 5.95. The average Bonchev–Trinajstić information content (AvgIpc) is 2.75. The molecule has 2 rings (SSSR count). The Bertz CT molecular complexity index is 431. The van der Waals surface area contributed by atoms with Crippen LogP contribution in [0, 0.1) is 0 Å². The molecular weight excluding hydrogens is 266 g/mol. The van der Waals surface area contributed by atoms with Crippen molar-refractivity contribution >= 4 is 29.0 Å². The third-order valence-electron chi connectivity index (χ3n) is 2.98. The third-order valence-corrected chi connectivity index (χ3v) is 5.24. The molecule has 1 aliphatic heterocycles. The molecule has 0 aromatic carbocycles. The Hall–Kier alpha value is -0.560. The van der Waals surface area contributed by atoms with Crippen LogP contribution < -0.4 is 11.3 Å². The number of nitrogen functional groups attached to an aromatic ring is 1. The van der Waals surface area contributed by atoms with E-state index in [0.29, 0.717) is 4.75 Å². The van der Waals surface area contributed by atoms with Crippen LogP contribution >= 0.6 is 23.1 Å². The molecule has 0 radical (unpaired) electrons. The second-order valence-corrected chi connectivity index (χ2v) is 7.79. The van der Waals surface area contributed by atoms with Gasteiger partial charge >= 0.3 is 0 Å². The van der Waals surface area contributed by atoms with E-state index in [-0.39, 0.29) is 5.91 Å². The number of nitrogens with zero attached hydrogens (tertiary/aromatic N) is 1. The molecule has 0 spiro atoms. The summed E-state index contributed by atoms with van der Waals surface area (Å²) in [6, 6.07) is 2.02. The highest BCUT2D eigenvalue weighted by molar-refractivity contribution is 8.00. The van der Waals surface area contributed by atoms with Crippen molar-refractivity contribution in [3.63, 3.8) is 0 Å². The van der Waals surface area contributed by atoms with Gasteiger partial charge in [-0.3, -0.25) is 15.1 Å². The van der Waals surface area contributed by atoms with Gasteiger partial charge < -0.3 is 0 Å². The lowest BCUT2D eigenvalue weighted by molar-refractivity contribution is 0.0956. The number of nitrogens with one attached hydrogen (secondary N) is 1. The number of amides is 1. The maximum Gasteiger partial charge on any atom is 0.275 e. The first-order valence-corrected chi connectivity index (χ1v) is 7.82. The highest BCUT2D eigenvalue weighted by atomic mass is 32.2. The van der Waals surface area contributed by atoms with Gasteiger partial charge in [0.2, 0.25) is 0 Å². The topological polar surface area (TPSA) is 58.4 Å². The second-order valence-electron chi connectivity index (χ2n) is 5.07. The second kappa shape index (κ2) is 5.61. The zero-order valence-corrected chi connectivity index (χ0v) is 12.4. The summed E-state index contributed by atoms with van der Waals surface area (Å²) >= 11 is 3.46. The third kappa shape index (κ3) is 3.26. The van der Waals surface area contributed by atoms with E-state index in [1.807, 2.05) is 23.2 Å². The van der Waals surface area contributed by atoms with E-state index in [9.17, 15) is 4.79 Å². The quantitative estimate of drug-likeness (QED) is 0.504. The Morgan fingerprint density at radius 1 is 1.61 bits per heavy atom. The molecule has 1 aromatic rings. The molecule has 1 fully saturated rings. The van der Waals surface area contributed by atoms with Crippen molar-refractivity contribution in [3.8, 4) is 0 Å². The van der Waals surface area contributed by atoms with Crippen molar-refractivity contribution in [2.45, 2.75) is 25.1 Å². The maximum absolute atomic E-state index is 11.6. The van der Waals surface area contributed by atoms with Crippen molar-refractivity contribution in [1.82, 2.24) is 10.3 Å². The summed E-state index contributed by atoms with van der Waals surface area (Å²) in [5.74, 6) is 6.16. The monoisotopic (exact) mass is 285 g/mol. The summed E-state index contributed by atoms with van der Waals surface area (Å²) in [6.45, 7) is 7.50. The largest absolute Gasteiger partial charge is 0.297 e. The van der Waals surface area contributed by atoms with Crippen molar-refractivity contribution < 1.29 is 4.79 Å². The van der Waals surface area contributed by atoms with E-state index in [1.54, 1.807) is 0 Å². The van der Waals surface area contributed by atoms with E-state index < -0.39 is 0 Å². The zero-order chi connectivity index (χ0) is 13.2. The highest BCUT2D eigenvalue weighted by Crippen LogP contribution is 2.30. The molecule has 1 aliphatic rings. The van der Waals surface area contributed by atoms with Gasteiger partial charge in [0, 0.05) is 30.1 Å². The van der Waals surface area contributed by atoms with E-state index in [4.69, 9.17) is 5.84 Å². The fourth-order valence-corrected chi connectivity index (χ4v) is 4.21. The molecule has 0 atom stereocenters. The number of rotatable bonds is 3. The molecule has 6 heteroatoms. The number of hydrogen-bond donors (Lipinski definition) is 2. The van der Waals surface area contributed by atoms with E-state index in [2.05, 4.69) is 24.2 Å². The average molecular weight is 285 g/mol. The van der Waals surface area contributed by atoms with Gasteiger partial charge in [0.15, 0.2) is 0 Å². The maximum atomic E-state index is 11.6. The van der Waals surface area contributed by atoms with Crippen LogP contribution in [0.4, 0.5) is 0 Å². The van der Waals surface area contributed by atoms with Gasteiger partial charge in [-0.2, -0.15) is 11.8 Å². The van der Waals surface area contributed by atoms with Gasteiger partial charge in [-0.25, -0.2) is 5.84 Å². The van der Waals surface area contributed by atoms with Gasteiger partial charge in [0.05, 0.1) is 4.88 Å². The fraction of sp³-hybridized carbons (Fsp3) is 0.583. The van der Waals surface area contributed by atoms with Crippen LogP contribution in [0.5, 0.6) is 0 Å². The lowest BCUT2D eigenvalue weighted by Gasteiger charge is -2.37. The summed E-state index contributed by atoms with van der Waals surface area (Å²) < 4.78 is 0.296. The van der Waals surface area contributed by atoms with Crippen LogP contribution in [0.15, 0.2) is 11.4 Å². The van der Waals surface area contributed by atoms with Crippen LogP contribution in [0.3, 0.4) is 0 Å². The summed E-state index contributed by atoms with van der Waals surface area (Å²) in [5, 5.41) is 1.95. The lowest BCUT2D eigenvalue weighted by Crippen LogP contribution is -2.42. The standard InChI is InChI=1S/C12H19N3OS2/c1-12(2)8-15(4-6-18-12)7-9-3-5-17-10(9)11(16)14-13/h3,5H,4,6-8,13H2,1-2H3,(H,14,16). The molecule has 0 saturated carbocycles. The van der Waals surface area contributed by atoms with Gasteiger partial charge in [-0.1, -0.05) is 0 Å². The normalized spacial score (nSPS) is 19.7. The molecule has 4 nitrogen and oxygen atoms in total. The van der Waals surface area contributed by atoms with E-state index >= 15 is 0 Å². The lowest BCUT2D eigenvalue weighted by atomic mass is 10.1. The Balaban J connectivity index is 2.05. The first-order chi connectivity index (χ1) is 8.52. The first kappa shape index (κ1) is 13.9. The Labute approximate surface area is 116 Å². The summed E-state index contributed by atoms with van der Waals surface area (Å²) in [4.78, 5) is 14.8. The number of hydrogen-bond acceptors (Lipinski definition) is 5. The Morgan fingerprint density at radius 3 is 3.06 bits per heavy atom. The number of thiophene rings is 1. The molecule has 0 bridgehead atoms. The van der Waals surface area contributed by atoms with Gasteiger partial charge in [0.1, 0.15) is 0 Å². The molecule has 0 aliphatic carbocycles.